The Balaban J connectivity index is 1.47. The number of aromatic nitrogens is 1. The largest absolute Gasteiger partial charge is 0.479 e. The van der Waals surface area contributed by atoms with Gasteiger partial charge in [-0.3, -0.25) is 4.79 Å². The van der Waals surface area contributed by atoms with Crippen LogP contribution in [0.5, 0.6) is 0 Å². The zero-order valence-corrected chi connectivity index (χ0v) is 17.9. The zero-order valence-electron chi connectivity index (χ0n) is 17.9. The van der Waals surface area contributed by atoms with Crippen molar-refractivity contribution in [2.24, 2.45) is 0 Å². The van der Waals surface area contributed by atoms with Crippen LogP contribution < -0.4 is 0 Å². The number of carboxylic acid groups (broad SMARTS) is 1. The lowest BCUT2D eigenvalue weighted by Crippen LogP contribution is -2.60. The molecule has 1 aliphatic rings. The van der Waals surface area contributed by atoms with E-state index in [-0.39, 0.29) is 18.7 Å². The average Bonchev–Trinajstić information content (AvgIpc) is 3.28. The molecule has 10 heteroatoms. The molecule has 5 atom stereocenters. The highest BCUT2D eigenvalue weighted by molar-refractivity contribution is 5.77. The number of hydrogen-bond donors (Lipinski definition) is 4. The summed E-state index contributed by atoms with van der Waals surface area (Å²) in [6, 6.07) is 18.8. The average molecular weight is 469 g/mol. The molecule has 1 aliphatic heterocycles. The van der Waals surface area contributed by atoms with Crippen LogP contribution in [0.15, 0.2) is 65.1 Å². The van der Waals surface area contributed by atoms with Gasteiger partial charge in [-0.05, 0) is 0 Å². The lowest BCUT2D eigenvalue weighted by molar-refractivity contribution is -0.286. The second kappa shape index (κ2) is 10.1. The van der Waals surface area contributed by atoms with E-state index in [0.29, 0.717) is 11.5 Å². The Labute approximate surface area is 194 Å². The van der Waals surface area contributed by atoms with E-state index in [9.17, 15) is 24.9 Å². The first-order valence-electron chi connectivity index (χ1n) is 10.6. The van der Waals surface area contributed by atoms with Crippen LogP contribution in [-0.2, 0) is 25.5 Å². The van der Waals surface area contributed by atoms with Crippen molar-refractivity contribution < 1.29 is 43.9 Å². The van der Waals surface area contributed by atoms with Gasteiger partial charge in [0.05, 0.1) is 6.42 Å². The quantitative estimate of drug-likeness (QED) is 0.372. The molecule has 3 aromatic rings. The number of rotatable bonds is 7. The Hall–Kier alpha value is -3.57. The van der Waals surface area contributed by atoms with Crippen molar-refractivity contribution in [3.05, 3.63) is 66.6 Å². The molecule has 2 aromatic carbocycles. The molecule has 178 valence electrons. The highest BCUT2D eigenvalue weighted by Crippen LogP contribution is 2.33. The fourth-order valence-corrected chi connectivity index (χ4v) is 3.60. The lowest BCUT2D eigenvalue weighted by atomic mass is 9.99. The molecule has 0 spiro atoms. The van der Waals surface area contributed by atoms with Gasteiger partial charge in [-0.15, -0.1) is 0 Å². The third-order valence-electron chi connectivity index (χ3n) is 5.36. The van der Waals surface area contributed by atoms with E-state index in [0.717, 1.165) is 11.1 Å². The van der Waals surface area contributed by atoms with Gasteiger partial charge in [-0.2, -0.15) is 0 Å². The first-order valence-corrected chi connectivity index (χ1v) is 10.6. The Bertz CT molecular complexity index is 1070. The van der Waals surface area contributed by atoms with E-state index in [2.05, 4.69) is 4.98 Å². The highest BCUT2D eigenvalue weighted by Gasteiger charge is 2.48. The number of hydrogen-bond acceptors (Lipinski definition) is 9. The minimum Gasteiger partial charge on any atom is -0.479 e. The molecule has 5 unspecified atom stereocenters. The summed E-state index contributed by atoms with van der Waals surface area (Å²) in [5, 5.41) is 38.7. The van der Waals surface area contributed by atoms with E-state index in [4.69, 9.17) is 19.0 Å². The maximum atomic E-state index is 12.4. The fraction of sp³-hybridized carbons (Fsp3) is 0.292. The van der Waals surface area contributed by atoms with Crippen LogP contribution in [0.3, 0.4) is 0 Å². The predicted molar refractivity (Wildman–Crippen MR) is 116 cm³/mol. The molecule has 0 amide bonds. The highest BCUT2D eigenvalue weighted by atomic mass is 16.7. The standard InChI is InChI=1S/C24H23NO9/c26-16(33-24-20(29)18(27)19(28)22(34-24)23(30)31)12-11-15-25-17(13-7-3-1-4-8-13)21(32-15)14-9-5-2-6-10-14/h1-10,18-20,22,24,27-29H,11-12H2,(H,30,31). The van der Waals surface area contributed by atoms with E-state index in [1.165, 1.54) is 0 Å². The molecule has 2 heterocycles. The second-order valence-electron chi connectivity index (χ2n) is 7.74. The topological polar surface area (TPSA) is 160 Å². The van der Waals surface area contributed by atoms with Gasteiger partial charge in [0.1, 0.15) is 24.0 Å². The third kappa shape index (κ3) is 5.00. The Kier molecular flexibility index (Phi) is 7.03. The number of carboxylic acids is 1. The SMILES string of the molecule is O=C(CCc1nc(-c2ccccc2)c(-c2ccccc2)o1)OC1OC(C(=O)O)C(O)C(O)C1O. The zero-order chi connectivity index (χ0) is 24.2. The van der Waals surface area contributed by atoms with Gasteiger partial charge in [-0.1, -0.05) is 60.7 Å². The maximum absolute atomic E-state index is 12.4. The number of aliphatic hydroxyl groups is 3. The first-order chi connectivity index (χ1) is 16.3. The van der Waals surface area contributed by atoms with Gasteiger partial charge in [0.25, 0.3) is 0 Å². The minimum absolute atomic E-state index is 0.0574. The molecule has 10 nitrogen and oxygen atoms in total. The molecular formula is C24H23NO9. The van der Waals surface area contributed by atoms with Gasteiger partial charge < -0.3 is 34.3 Å². The number of aliphatic carboxylic acids is 1. The summed E-state index contributed by atoms with van der Waals surface area (Å²) in [5.41, 5.74) is 2.26. The monoisotopic (exact) mass is 469 g/mol. The molecule has 4 N–H and O–H groups in total. The van der Waals surface area contributed by atoms with Crippen LogP contribution in [0.25, 0.3) is 22.6 Å². The first kappa shape index (κ1) is 23.6. The summed E-state index contributed by atoms with van der Waals surface area (Å²) >= 11 is 0. The number of carbonyl (C=O) groups is 2. The molecule has 0 radical (unpaired) electrons. The predicted octanol–water partition coefficient (Wildman–Crippen LogP) is 1.38. The van der Waals surface area contributed by atoms with Crippen molar-refractivity contribution in [2.45, 2.75) is 43.5 Å². The minimum atomic E-state index is -1.87. The van der Waals surface area contributed by atoms with Gasteiger partial charge in [0.15, 0.2) is 17.8 Å². The van der Waals surface area contributed by atoms with Crippen molar-refractivity contribution >= 4 is 11.9 Å². The third-order valence-corrected chi connectivity index (χ3v) is 5.36. The molecule has 1 fully saturated rings. The summed E-state index contributed by atoms with van der Waals surface area (Å²) in [6.45, 7) is 0. The number of nitrogens with zero attached hydrogens (tertiary/aromatic N) is 1. The van der Waals surface area contributed by atoms with Gasteiger partial charge in [0, 0.05) is 17.5 Å². The summed E-state index contributed by atoms with van der Waals surface area (Å²) in [7, 11) is 0. The van der Waals surface area contributed by atoms with E-state index < -0.39 is 42.6 Å². The van der Waals surface area contributed by atoms with Crippen molar-refractivity contribution in [1.29, 1.82) is 0 Å². The van der Waals surface area contributed by atoms with Crippen LogP contribution in [-0.4, -0.2) is 68.1 Å². The summed E-state index contributed by atoms with van der Waals surface area (Å²) in [5.74, 6) is -1.58. The molecule has 34 heavy (non-hydrogen) atoms. The maximum Gasteiger partial charge on any atom is 0.335 e. The molecule has 0 bridgehead atoms. The molecule has 0 aliphatic carbocycles. The number of benzene rings is 2. The Morgan fingerprint density at radius 1 is 0.882 bits per heavy atom. The van der Waals surface area contributed by atoms with Crippen LogP contribution >= 0.6 is 0 Å². The molecule has 1 aromatic heterocycles. The van der Waals surface area contributed by atoms with Crippen molar-refractivity contribution in [2.75, 3.05) is 0 Å². The number of carbonyl (C=O) groups excluding carboxylic acids is 1. The van der Waals surface area contributed by atoms with E-state index in [1.807, 2.05) is 60.7 Å². The normalized spacial score (nSPS) is 24.5. The molecule has 4 rings (SSSR count). The van der Waals surface area contributed by atoms with Gasteiger partial charge in [0.2, 0.25) is 6.29 Å². The summed E-state index contributed by atoms with van der Waals surface area (Å²) in [4.78, 5) is 28.1. The van der Waals surface area contributed by atoms with Crippen molar-refractivity contribution in [3.8, 4) is 22.6 Å². The number of aryl methyl sites for hydroxylation is 1. The molecular weight excluding hydrogens is 446 g/mol. The number of oxazole rings is 1. The summed E-state index contributed by atoms with van der Waals surface area (Å²) in [6.07, 6.45) is -9.32. The van der Waals surface area contributed by atoms with Crippen LogP contribution in [0, 0.1) is 0 Å². The Morgan fingerprint density at radius 2 is 1.50 bits per heavy atom. The van der Waals surface area contributed by atoms with E-state index in [1.54, 1.807) is 0 Å². The van der Waals surface area contributed by atoms with Crippen molar-refractivity contribution in [3.63, 3.8) is 0 Å². The number of aliphatic hydroxyl groups excluding tert-OH is 3. The lowest BCUT2D eigenvalue weighted by Gasteiger charge is -2.37. The molecule has 0 saturated carbocycles. The number of esters is 1. The second-order valence-corrected chi connectivity index (χ2v) is 7.74. The van der Waals surface area contributed by atoms with Gasteiger partial charge >= 0.3 is 11.9 Å². The summed E-state index contributed by atoms with van der Waals surface area (Å²) < 4.78 is 15.9. The fourth-order valence-electron chi connectivity index (χ4n) is 3.60. The Morgan fingerprint density at radius 3 is 2.12 bits per heavy atom. The van der Waals surface area contributed by atoms with Crippen molar-refractivity contribution in [1.82, 2.24) is 4.98 Å². The van der Waals surface area contributed by atoms with Crippen LogP contribution in [0.4, 0.5) is 0 Å². The van der Waals surface area contributed by atoms with Crippen LogP contribution in [0.1, 0.15) is 12.3 Å². The van der Waals surface area contributed by atoms with E-state index >= 15 is 0 Å². The smallest absolute Gasteiger partial charge is 0.335 e. The van der Waals surface area contributed by atoms with Gasteiger partial charge in [-0.25, -0.2) is 9.78 Å². The van der Waals surface area contributed by atoms with Crippen LogP contribution in [0.2, 0.25) is 0 Å². The molecule has 1 saturated heterocycles. The number of ether oxygens (including phenoxy) is 2.